The van der Waals surface area contributed by atoms with Crippen LogP contribution in [0.15, 0.2) is 53.7 Å². The summed E-state index contributed by atoms with van der Waals surface area (Å²) in [7, 11) is 0. The molecule has 2 heterocycles. The molecule has 0 fully saturated rings. The van der Waals surface area contributed by atoms with Gasteiger partial charge in [-0.1, -0.05) is 29.3 Å². The van der Waals surface area contributed by atoms with Gasteiger partial charge in [0, 0.05) is 39.0 Å². The number of anilines is 1. The van der Waals surface area contributed by atoms with Gasteiger partial charge in [-0.3, -0.25) is 14.9 Å². The molecule has 1 aliphatic heterocycles. The van der Waals surface area contributed by atoms with Crippen LogP contribution in [0.4, 0.5) is 11.6 Å². The van der Waals surface area contributed by atoms with E-state index in [1.807, 2.05) is 0 Å². The van der Waals surface area contributed by atoms with Crippen LogP contribution < -0.4 is 11.1 Å². The molecule has 0 aliphatic carbocycles. The first-order chi connectivity index (χ1) is 14.3. The summed E-state index contributed by atoms with van der Waals surface area (Å²) in [6.07, 6.45) is 0. The second-order valence-electron chi connectivity index (χ2n) is 6.60. The molecule has 3 aromatic rings. The van der Waals surface area contributed by atoms with Gasteiger partial charge >= 0.3 is 0 Å². The SMILES string of the molecule is CC1=C(C(N)=O)C(c2ccc(Cl)cc2Cl)n2nc(-c3ccc([N+](=O)[O-])cc3)nc2N1. The van der Waals surface area contributed by atoms with E-state index in [0.717, 1.165) is 0 Å². The number of primary amides is 1. The smallest absolute Gasteiger partial charge is 0.269 e. The van der Waals surface area contributed by atoms with Gasteiger partial charge in [0.2, 0.25) is 11.9 Å². The first-order valence-electron chi connectivity index (χ1n) is 8.70. The lowest BCUT2D eigenvalue weighted by atomic mass is 9.95. The molecule has 0 saturated carbocycles. The topological polar surface area (TPSA) is 129 Å². The summed E-state index contributed by atoms with van der Waals surface area (Å²) in [6.45, 7) is 1.71. The number of hydrogen-bond acceptors (Lipinski definition) is 6. The van der Waals surface area contributed by atoms with Crippen LogP contribution >= 0.6 is 23.2 Å². The highest BCUT2D eigenvalue weighted by atomic mass is 35.5. The molecule has 11 heteroatoms. The zero-order valence-electron chi connectivity index (χ0n) is 15.5. The van der Waals surface area contributed by atoms with Crippen molar-refractivity contribution in [1.29, 1.82) is 0 Å². The van der Waals surface area contributed by atoms with E-state index < -0.39 is 16.9 Å². The number of nitrogens with zero attached hydrogens (tertiary/aromatic N) is 4. The fourth-order valence-electron chi connectivity index (χ4n) is 3.34. The second-order valence-corrected chi connectivity index (χ2v) is 7.45. The Hall–Kier alpha value is -3.43. The normalized spacial score (nSPS) is 15.5. The zero-order valence-corrected chi connectivity index (χ0v) is 17.0. The molecule has 0 radical (unpaired) electrons. The number of halogens is 2. The highest BCUT2D eigenvalue weighted by molar-refractivity contribution is 6.35. The number of nitro benzene ring substituents is 1. The van der Waals surface area contributed by atoms with Crippen LogP contribution in [0.2, 0.25) is 10.0 Å². The van der Waals surface area contributed by atoms with E-state index in [4.69, 9.17) is 28.9 Å². The number of non-ortho nitro benzene ring substituents is 1. The maximum absolute atomic E-state index is 12.2. The van der Waals surface area contributed by atoms with Crippen molar-refractivity contribution in [2.24, 2.45) is 5.73 Å². The molecule has 0 spiro atoms. The molecule has 1 unspecified atom stereocenters. The Balaban J connectivity index is 1.86. The maximum atomic E-state index is 12.2. The summed E-state index contributed by atoms with van der Waals surface area (Å²) < 4.78 is 1.51. The molecule has 1 amide bonds. The van der Waals surface area contributed by atoms with Gasteiger partial charge in [-0.25, -0.2) is 4.68 Å². The van der Waals surface area contributed by atoms with Crippen molar-refractivity contribution < 1.29 is 9.72 Å². The number of aromatic nitrogens is 3. The minimum atomic E-state index is -0.720. The lowest BCUT2D eigenvalue weighted by Gasteiger charge is -2.28. The van der Waals surface area contributed by atoms with Crippen LogP contribution in [0.5, 0.6) is 0 Å². The van der Waals surface area contributed by atoms with E-state index in [1.54, 1.807) is 37.3 Å². The number of nitro groups is 1. The molecule has 152 valence electrons. The van der Waals surface area contributed by atoms with Crippen LogP contribution in [-0.4, -0.2) is 25.6 Å². The van der Waals surface area contributed by atoms with Crippen LogP contribution in [-0.2, 0) is 4.79 Å². The van der Waals surface area contributed by atoms with Crippen molar-refractivity contribution >= 4 is 40.7 Å². The van der Waals surface area contributed by atoms with Gasteiger partial charge in [0.25, 0.3) is 5.69 Å². The number of carbonyl (C=O) groups is 1. The van der Waals surface area contributed by atoms with Gasteiger partial charge in [-0.2, -0.15) is 4.98 Å². The molecule has 2 aromatic carbocycles. The molecule has 30 heavy (non-hydrogen) atoms. The number of nitrogens with one attached hydrogen (secondary N) is 1. The summed E-state index contributed by atoms with van der Waals surface area (Å²) in [5.74, 6) is 0.0666. The molecule has 0 saturated heterocycles. The number of carbonyl (C=O) groups excluding carboxylic acids is 1. The van der Waals surface area contributed by atoms with E-state index in [-0.39, 0.29) is 11.3 Å². The summed E-state index contributed by atoms with van der Waals surface area (Å²) in [4.78, 5) is 27.1. The Kier molecular flexibility index (Phi) is 4.92. The monoisotopic (exact) mass is 444 g/mol. The molecule has 4 rings (SSSR count). The quantitative estimate of drug-likeness (QED) is 0.463. The van der Waals surface area contributed by atoms with Gasteiger partial charge in [-0.05, 0) is 31.2 Å². The van der Waals surface area contributed by atoms with E-state index >= 15 is 0 Å². The van der Waals surface area contributed by atoms with E-state index in [1.165, 1.54) is 16.8 Å². The number of benzene rings is 2. The fourth-order valence-corrected chi connectivity index (χ4v) is 3.85. The molecular weight excluding hydrogens is 431 g/mol. The lowest BCUT2D eigenvalue weighted by Crippen LogP contribution is -2.32. The molecule has 3 N–H and O–H groups in total. The number of fused-ring (bicyclic) bond motifs is 1. The summed E-state index contributed by atoms with van der Waals surface area (Å²) in [6, 6.07) is 10.1. The minimum Gasteiger partial charge on any atom is -0.366 e. The Morgan fingerprint density at radius 2 is 1.93 bits per heavy atom. The zero-order chi connectivity index (χ0) is 21.6. The van der Waals surface area contributed by atoms with Crippen molar-refractivity contribution in [3.8, 4) is 11.4 Å². The van der Waals surface area contributed by atoms with Crippen molar-refractivity contribution in [2.75, 3.05) is 5.32 Å². The molecule has 0 bridgehead atoms. The van der Waals surface area contributed by atoms with E-state index in [0.29, 0.717) is 38.6 Å². The highest BCUT2D eigenvalue weighted by Crippen LogP contribution is 2.39. The van der Waals surface area contributed by atoms with Crippen molar-refractivity contribution in [3.63, 3.8) is 0 Å². The van der Waals surface area contributed by atoms with Gasteiger partial charge in [0.15, 0.2) is 5.82 Å². The molecular formula is C19H14Cl2N6O3. The molecule has 9 nitrogen and oxygen atoms in total. The van der Waals surface area contributed by atoms with Crippen molar-refractivity contribution in [1.82, 2.24) is 14.8 Å². The first kappa shape index (κ1) is 19.9. The number of amides is 1. The van der Waals surface area contributed by atoms with Gasteiger partial charge in [-0.15, -0.1) is 5.10 Å². The summed E-state index contributed by atoms with van der Waals surface area (Å²) >= 11 is 12.4. The van der Waals surface area contributed by atoms with Gasteiger partial charge in [0.1, 0.15) is 6.04 Å². The van der Waals surface area contributed by atoms with Crippen LogP contribution in [0.1, 0.15) is 18.5 Å². The van der Waals surface area contributed by atoms with Gasteiger partial charge < -0.3 is 11.1 Å². The number of rotatable bonds is 4. The largest absolute Gasteiger partial charge is 0.366 e. The Morgan fingerprint density at radius 3 is 2.53 bits per heavy atom. The average Bonchev–Trinajstić information content (AvgIpc) is 3.10. The lowest BCUT2D eigenvalue weighted by molar-refractivity contribution is -0.384. The predicted octanol–water partition coefficient (Wildman–Crippen LogP) is 3.93. The number of nitrogens with two attached hydrogens (primary N) is 1. The number of hydrogen-bond donors (Lipinski definition) is 2. The molecule has 1 aromatic heterocycles. The van der Waals surface area contributed by atoms with Crippen LogP contribution in [0.3, 0.4) is 0 Å². The first-order valence-corrected chi connectivity index (χ1v) is 9.45. The molecule has 1 atom stereocenters. The van der Waals surface area contributed by atoms with Crippen molar-refractivity contribution in [3.05, 3.63) is 79.5 Å². The summed E-state index contributed by atoms with van der Waals surface area (Å²) in [5.41, 5.74) is 7.57. The fraction of sp³-hybridized carbons (Fsp3) is 0.105. The van der Waals surface area contributed by atoms with Crippen LogP contribution in [0.25, 0.3) is 11.4 Å². The third-order valence-electron chi connectivity index (χ3n) is 4.71. The van der Waals surface area contributed by atoms with Crippen LogP contribution in [0, 0.1) is 10.1 Å². The highest BCUT2D eigenvalue weighted by Gasteiger charge is 2.34. The summed E-state index contributed by atoms with van der Waals surface area (Å²) in [5, 5.41) is 19.2. The molecule has 1 aliphatic rings. The van der Waals surface area contributed by atoms with E-state index in [9.17, 15) is 14.9 Å². The predicted molar refractivity (Wildman–Crippen MR) is 112 cm³/mol. The standard InChI is InChI=1S/C19H14Cl2N6O3/c1-9-15(17(22)28)16(13-7-4-11(20)8-14(13)21)26-19(23-9)24-18(25-26)10-2-5-12(6-3-10)27(29)30/h2-8,16H,1H3,(H2,22,28)(H,23,24,25). The average molecular weight is 445 g/mol. The van der Waals surface area contributed by atoms with Crippen molar-refractivity contribution in [2.45, 2.75) is 13.0 Å². The van der Waals surface area contributed by atoms with E-state index in [2.05, 4.69) is 15.4 Å². The Bertz CT molecular complexity index is 1220. The third-order valence-corrected chi connectivity index (χ3v) is 5.27. The number of allylic oxidation sites excluding steroid dienone is 1. The minimum absolute atomic E-state index is 0.0415. The Labute approximate surface area is 180 Å². The Morgan fingerprint density at radius 1 is 1.23 bits per heavy atom. The third kappa shape index (κ3) is 3.38. The second kappa shape index (κ2) is 7.43. The van der Waals surface area contributed by atoms with Gasteiger partial charge in [0.05, 0.1) is 10.5 Å². The maximum Gasteiger partial charge on any atom is 0.269 e.